The fraction of sp³-hybridized carbons (Fsp3) is 0.522. The number of carbonyl (C=O) groups is 1. The van der Waals surface area contributed by atoms with E-state index in [1.165, 1.54) is 0 Å². The van der Waals surface area contributed by atoms with E-state index in [0.717, 1.165) is 22.5 Å². The number of methoxy groups -OCH3 is 1. The third kappa shape index (κ3) is 5.99. The Hall–Kier alpha value is -3.01. The van der Waals surface area contributed by atoms with Gasteiger partial charge >= 0.3 is 0 Å². The van der Waals surface area contributed by atoms with E-state index in [0.29, 0.717) is 37.3 Å². The standard InChI is InChI=1S/C23H32N4O3/c1-15(2)30-21-10-8-19(14-22(21)29-6)16(3)25-23(28)11-9-20-17(4)26-27(18(20)5)13-7-12-24/h8,10,14-16H,7,9,11,13H2,1-6H3,(H,25,28). The van der Waals surface area contributed by atoms with E-state index in [-0.39, 0.29) is 18.1 Å². The first-order valence-electron chi connectivity index (χ1n) is 10.3. The SMILES string of the molecule is COc1cc(C(C)NC(=O)CCc2c(C)nn(CCC#N)c2C)ccc1OC(C)C. The summed E-state index contributed by atoms with van der Waals surface area (Å²) in [4.78, 5) is 12.5. The minimum absolute atomic E-state index is 0.0208. The van der Waals surface area contributed by atoms with Crippen LogP contribution in [0.3, 0.4) is 0 Å². The van der Waals surface area contributed by atoms with Crippen molar-refractivity contribution < 1.29 is 14.3 Å². The maximum atomic E-state index is 12.5. The van der Waals surface area contributed by atoms with Crippen molar-refractivity contribution >= 4 is 5.91 Å². The summed E-state index contributed by atoms with van der Waals surface area (Å²) < 4.78 is 13.0. The minimum Gasteiger partial charge on any atom is -0.493 e. The number of hydrogen-bond donors (Lipinski definition) is 1. The maximum Gasteiger partial charge on any atom is 0.220 e. The summed E-state index contributed by atoms with van der Waals surface area (Å²) in [5.74, 6) is 1.32. The van der Waals surface area contributed by atoms with Crippen molar-refractivity contribution in [2.75, 3.05) is 7.11 Å². The van der Waals surface area contributed by atoms with Crippen LogP contribution in [0, 0.1) is 25.2 Å². The second-order valence-corrected chi connectivity index (χ2v) is 7.65. The number of aromatic nitrogens is 2. The van der Waals surface area contributed by atoms with Crippen LogP contribution in [0.25, 0.3) is 0 Å². The lowest BCUT2D eigenvalue weighted by atomic mass is 10.1. The van der Waals surface area contributed by atoms with Gasteiger partial charge in [-0.25, -0.2) is 0 Å². The van der Waals surface area contributed by atoms with Gasteiger partial charge in [0.2, 0.25) is 5.91 Å². The lowest BCUT2D eigenvalue weighted by Gasteiger charge is -2.18. The van der Waals surface area contributed by atoms with Crippen LogP contribution in [0.5, 0.6) is 11.5 Å². The lowest BCUT2D eigenvalue weighted by Crippen LogP contribution is -2.27. The second kappa shape index (κ2) is 10.7. The van der Waals surface area contributed by atoms with Crippen LogP contribution in [0.2, 0.25) is 0 Å². The zero-order chi connectivity index (χ0) is 22.3. The summed E-state index contributed by atoms with van der Waals surface area (Å²) in [6.07, 6.45) is 1.47. The van der Waals surface area contributed by atoms with Crippen molar-refractivity contribution in [3.05, 3.63) is 40.7 Å². The van der Waals surface area contributed by atoms with Gasteiger partial charge in [-0.2, -0.15) is 10.4 Å². The fourth-order valence-electron chi connectivity index (χ4n) is 3.41. The number of aryl methyl sites for hydroxylation is 2. The van der Waals surface area contributed by atoms with E-state index in [9.17, 15) is 4.79 Å². The fourth-order valence-corrected chi connectivity index (χ4v) is 3.41. The Balaban J connectivity index is 1.98. The highest BCUT2D eigenvalue weighted by molar-refractivity contribution is 5.76. The number of amides is 1. The molecule has 0 aliphatic heterocycles. The molecule has 1 atom stereocenters. The summed E-state index contributed by atoms with van der Waals surface area (Å²) in [6.45, 7) is 10.4. The van der Waals surface area contributed by atoms with E-state index in [2.05, 4.69) is 16.5 Å². The number of nitrogens with zero attached hydrogens (tertiary/aromatic N) is 3. The first-order valence-corrected chi connectivity index (χ1v) is 10.3. The monoisotopic (exact) mass is 412 g/mol. The smallest absolute Gasteiger partial charge is 0.220 e. The summed E-state index contributed by atoms with van der Waals surface area (Å²) in [6, 6.07) is 7.70. The molecule has 0 bridgehead atoms. The van der Waals surface area contributed by atoms with Gasteiger partial charge in [-0.3, -0.25) is 9.48 Å². The number of carbonyl (C=O) groups excluding carboxylic acids is 1. The quantitative estimate of drug-likeness (QED) is 0.637. The van der Waals surface area contributed by atoms with Crippen molar-refractivity contribution in [3.8, 4) is 17.6 Å². The van der Waals surface area contributed by atoms with Crippen molar-refractivity contribution in [3.63, 3.8) is 0 Å². The summed E-state index contributed by atoms with van der Waals surface area (Å²) >= 11 is 0. The molecule has 1 unspecified atom stereocenters. The predicted octanol–water partition coefficient (Wildman–Crippen LogP) is 4.02. The summed E-state index contributed by atoms with van der Waals surface area (Å²) in [5.41, 5.74) is 3.96. The molecule has 0 fully saturated rings. The Morgan fingerprint density at radius 3 is 2.63 bits per heavy atom. The van der Waals surface area contributed by atoms with Gasteiger partial charge in [0.25, 0.3) is 0 Å². The number of ether oxygens (including phenoxy) is 2. The van der Waals surface area contributed by atoms with Crippen molar-refractivity contribution in [2.45, 2.75) is 72.6 Å². The second-order valence-electron chi connectivity index (χ2n) is 7.65. The highest BCUT2D eigenvalue weighted by Crippen LogP contribution is 2.31. The van der Waals surface area contributed by atoms with Gasteiger partial charge in [-0.1, -0.05) is 6.07 Å². The molecule has 0 aliphatic rings. The Kier molecular flexibility index (Phi) is 8.28. The number of hydrogen-bond acceptors (Lipinski definition) is 5. The van der Waals surface area contributed by atoms with E-state index >= 15 is 0 Å². The molecule has 0 radical (unpaired) electrons. The molecule has 1 aromatic carbocycles. The van der Waals surface area contributed by atoms with Crippen molar-refractivity contribution in [2.24, 2.45) is 0 Å². The Morgan fingerprint density at radius 2 is 2.00 bits per heavy atom. The zero-order valence-electron chi connectivity index (χ0n) is 18.8. The van der Waals surface area contributed by atoms with Crippen LogP contribution < -0.4 is 14.8 Å². The molecule has 2 aromatic rings. The number of benzene rings is 1. The third-order valence-electron chi connectivity index (χ3n) is 5.00. The molecule has 0 saturated carbocycles. The van der Waals surface area contributed by atoms with Gasteiger partial charge in [-0.15, -0.1) is 0 Å². The molecule has 2 rings (SSSR count). The van der Waals surface area contributed by atoms with Gasteiger partial charge in [-0.05, 0) is 64.3 Å². The molecule has 30 heavy (non-hydrogen) atoms. The largest absolute Gasteiger partial charge is 0.493 e. The third-order valence-corrected chi connectivity index (χ3v) is 5.00. The summed E-state index contributed by atoms with van der Waals surface area (Å²) in [7, 11) is 1.61. The molecule has 0 aliphatic carbocycles. The molecule has 0 saturated heterocycles. The van der Waals surface area contributed by atoms with Gasteiger partial charge in [0.05, 0.1) is 44.0 Å². The molecule has 162 valence electrons. The Labute approximate surface area is 179 Å². The normalized spacial score (nSPS) is 11.8. The number of nitriles is 1. The average molecular weight is 413 g/mol. The molecular formula is C23H32N4O3. The Morgan fingerprint density at radius 1 is 1.27 bits per heavy atom. The molecule has 1 amide bonds. The molecular weight excluding hydrogens is 380 g/mol. The van der Waals surface area contributed by atoms with Gasteiger partial charge < -0.3 is 14.8 Å². The van der Waals surface area contributed by atoms with Crippen LogP contribution in [0.4, 0.5) is 0 Å². The van der Waals surface area contributed by atoms with Crippen LogP contribution >= 0.6 is 0 Å². The van der Waals surface area contributed by atoms with Crippen LogP contribution in [0.15, 0.2) is 18.2 Å². The molecule has 7 heteroatoms. The summed E-state index contributed by atoms with van der Waals surface area (Å²) in [5, 5.41) is 16.3. The molecule has 1 heterocycles. The number of rotatable bonds is 10. The van der Waals surface area contributed by atoms with Crippen LogP contribution in [0.1, 0.15) is 62.2 Å². The van der Waals surface area contributed by atoms with Gasteiger partial charge in [0.1, 0.15) is 0 Å². The maximum absolute atomic E-state index is 12.5. The van der Waals surface area contributed by atoms with E-state index in [4.69, 9.17) is 14.7 Å². The van der Waals surface area contributed by atoms with E-state index in [1.54, 1.807) is 7.11 Å². The zero-order valence-corrected chi connectivity index (χ0v) is 18.8. The van der Waals surface area contributed by atoms with Crippen molar-refractivity contribution in [1.82, 2.24) is 15.1 Å². The van der Waals surface area contributed by atoms with Crippen molar-refractivity contribution in [1.29, 1.82) is 5.26 Å². The first kappa shape index (κ1) is 23.3. The van der Waals surface area contributed by atoms with Gasteiger partial charge in [0.15, 0.2) is 11.5 Å². The highest BCUT2D eigenvalue weighted by atomic mass is 16.5. The topological polar surface area (TPSA) is 89.2 Å². The minimum atomic E-state index is -0.153. The van der Waals surface area contributed by atoms with Crippen LogP contribution in [-0.2, 0) is 17.8 Å². The highest BCUT2D eigenvalue weighted by Gasteiger charge is 2.16. The van der Waals surface area contributed by atoms with Crippen LogP contribution in [-0.4, -0.2) is 28.9 Å². The lowest BCUT2D eigenvalue weighted by molar-refractivity contribution is -0.121. The predicted molar refractivity (Wildman–Crippen MR) is 116 cm³/mol. The van der Waals surface area contributed by atoms with E-state index in [1.807, 2.05) is 57.5 Å². The number of nitrogens with one attached hydrogen (secondary N) is 1. The molecule has 1 aromatic heterocycles. The van der Waals surface area contributed by atoms with E-state index < -0.39 is 0 Å². The molecule has 0 spiro atoms. The van der Waals surface area contributed by atoms with Gasteiger partial charge in [0, 0.05) is 12.1 Å². The molecule has 7 nitrogen and oxygen atoms in total. The molecule has 1 N–H and O–H groups in total. The Bertz CT molecular complexity index is 912. The average Bonchev–Trinajstić information content (AvgIpc) is 2.97. The first-order chi connectivity index (χ1) is 14.3.